The molecule has 2 aromatic carbocycles. The molecule has 0 saturated heterocycles. The van der Waals surface area contributed by atoms with Crippen molar-refractivity contribution in [3.8, 4) is 11.3 Å². The zero-order valence-corrected chi connectivity index (χ0v) is 20.4. The van der Waals surface area contributed by atoms with Crippen molar-refractivity contribution in [1.82, 2.24) is 9.55 Å². The van der Waals surface area contributed by atoms with E-state index in [-0.39, 0.29) is 5.56 Å². The maximum Gasteiger partial charge on any atom is 0.419 e. The summed E-state index contributed by atoms with van der Waals surface area (Å²) in [7, 11) is 0. The topological polar surface area (TPSA) is 81.2 Å². The van der Waals surface area contributed by atoms with Crippen LogP contribution in [0.2, 0.25) is 0 Å². The number of carbonyl (C=O) groups excluding carboxylic acids is 2. The normalized spacial score (nSPS) is 11.8. The van der Waals surface area contributed by atoms with Crippen molar-refractivity contribution in [2.45, 2.75) is 45.6 Å². The minimum atomic E-state index is -0.694. The van der Waals surface area contributed by atoms with E-state index in [0.717, 1.165) is 39.9 Å². The molecule has 0 aliphatic rings. The Morgan fingerprint density at radius 2 is 1.88 bits per heavy atom. The highest BCUT2D eigenvalue weighted by Crippen LogP contribution is 2.30. The van der Waals surface area contributed by atoms with E-state index >= 15 is 0 Å². The predicted octanol–water partition coefficient (Wildman–Crippen LogP) is 6.22. The molecule has 4 aromatic rings. The van der Waals surface area contributed by atoms with Gasteiger partial charge in [0.15, 0.2) is 0 Å². The van der Waals surface area contributed by atoms with Crippen LogP contribution >= 0.6 is 15.9 Å². The third kappa shape index (κ3) is 4.93. The van der Waals surface area contributed by atoms with Crippen molar-refractivity contribution in [2.75, 3.05) is 0 Å². The maximum absolute atomic E-state index is 13.2. The quantitative estimate of drug-likeness (QED) is 0.256. The van der Waals surface area contributed by atoms with E-state index in [4.69, 9.17) is 4.74 Å². The molecule has 0 bridgehead atoms. The highest BCUT2D eigenvalue weighted by atomic mass is 79.9. The highest BCUT2D eigenvalue weighted by molar-refractivity contribution is 9.10. The summed E-state index contributed by atoms with van der Waals surface area (Å²) in [4.78, 5) is 39.8. The van der Waals surface area contributed by atoms with E-state index in [1.54, 1.807) is 6.07 Å². The van der Waals surface area contributed by atoms with Crippen molar-refractivity contribution >= 4 is 50.1 Å². The average Bonchev–Trinajstić information content (AvgIpc) is 3.11. The second-order valence-corrected chi connectivity index (χ2v) is 9.96. The summed E-state index contributed by atoms with van der Waals surface area (Å²) in [5.41, 5.74) is 2.30. The molecular formula is C26H25BrN2O4. The minimum absolute atomic E-state index is 0.288. The molecule has 0 atom stereocenters. The van der Waals surface area contributed by atoms with E-state index in [2.05, 4.69) is 20.9 Å². The van der Waals surface area contributed by atoms with Gasteiger partial charge in [-0.2, -0.15) is 0 Å². The number of unbranched alkanes of at least 4 members (excludes halogenated alkanes) is 1. The number of fused-ring (bicyclic) bond motifs is 2. The number of aryl methyl sites for hydroxylation is 1. The Morgan fingerprint density at radius 1 is 1.09 bits per heavy atom. The van der Waals surface area contributed by atoms with Gasteiger partial charge < -0.3 is 14.5 Å². The van der Waals surface area contributed by atoms with Gasteiger partial charge in [-0.05, 0) is 81.6 Å². The molecule has 0 saturated carbocycles. The Kier molecular flexibility index (Phi) is 6.26. The Bertz CT molecular complexity index is 1430. The molecule has 6 nitrogen and oxygen atoms in total. The number of rotatable bonds is 5. The number of nitrogens with zero attached hydrogens (tertiary/aromatic N) is 1. The van der Waals surface area contributed by atoms with Crippen LogP contribution in [0.1, 0.15) is 39.2 Å². The van der Waals surface area contributed by atoms with E-state index < -0.39 is 11.7 Å². The predicted molar refractivity (Wildman–Crippen MR) is 134 cm³/mol. The first kappa shape index (κ1) is 23.0. The molecule has 4 rings (SSSR count). The Balaban J connectivity index is 1.92. The fraction of sp³-hybridized carbons (Fsp3) is 0.269. The Hall–Kier alpha value is -3.19. The third-order valence-electron chi connectivity index (χ3n) is 5.31. The van der Waals surface area contributed by atoms with Gasteiger partial charge in [-0.3, -0.25) is 4.79 Å². The average molecular weight is 509 g/mol. The molecule has 170 valence electrons. The van der Waals surface area contributed by atoms with E-state index in [1.165, 1.54) is 4.57 Å². The number of ether oxygens (including phenoxy) is 1. The van der Waals surface area contributed by atoms with Gasteiger partial charge in [-0.25, -0.2) is 9.36 Å². The van der Waals surface area contributed by atoms with Gasteiger partial charge >= 0.3 is 6.09 Å². The molecule has 2 aromatic heterocycles. The lowest BCUT2D eigenvalue weighted by atomic mass is 10.1. The smallest absolute Gasteiger partial charge is 0.419 e. The standard InChI is InChI=1S/C26H25BrN2O4/c1-26(2,3)33-25(32)29-22-10-7-16(6-4-5-11-30)12-18(22)15-23(29)20-14-17-13-19(27)8-9-21(17)28-24(20)31/h7-15H,4-6H2,1-3H3,(H,28,31). The summed E-state index contributed by atoms with van der Waals surface area (Å²) < 4.78 is 8.03. The van der Waals surface area contributed by atoms with Crippen molar-refractivity contribution in [1.29, 1.82) is 0 Å². The van der Waals surface area contributed by atoms with Crippen molar-refractivity contribution in [2.24, 2.45) is 0 Å². The second kappa shape index (κ2) is 8.98. The summed E-state index contributed by atoms with van der Waals surface area (Å²) in [6, 6.07) is 15.1. The number of hydrogen-bond donors (Lipinski definition) is 1. The van der Waals surface area contributed by atoms with Crippen LogP contribution in [0.5, 0.6) is 0 Å². The van der Waals surface area contributed by atoms with Crippen molar-refractivity contribution < 1.29 is 14.3 Å². The number of carbonyl (C=O) groups is 2. The number of nitrogens with one attached hydrogen (secondary N) is 1. The number of aldehydes is 1. The first-order valence-corrected chi connectivity index (χ1v) is 11.6. The monoisotopic (exact) mass is 508 g/mol. The summed E-state index contributed by atoms with van der Waals surface area (Å²) in [5, 5.41) is 1.67. The van der Waals surface area contributed by atoms with Crippen LogP contribution in [0, 0.1) is 0 Å². The fourth-order valence-electron chi connectivity index (χ4n) is 3.88. The molecule has 0 amide bonds. The van der Waals surface area contributed by atoms with Gasteiger partial charge in [0.05, 0.1) is 16.8 Å². The molecule has 0 aliphatic carbocycles. The van der Waals surface area contributed by atoms with Crippen LogP contribution in [-0.2, 0) is 16.0 Å². The first-order chi connectivity index (χ1) is 15.7. The van der Waals surface area contributed by atoms with Gasteiger partial charge in [0.2, 0.25) is 0 Å². The van der Waals surface area contributed by atoms with Gasteiger partial charge in [0.25, 0.3) is 5.56 Å². The largest absolute Gasteiger partial charge is 0.443 e. The van der Waals surface area contributed by atoms with Crippen molar-refractivity contribution in [3.05, 3.63) is 68.9 Å². The van der Waals surface area contributed by atoms with Crippen LogP contribution in [0.25, 0.3) is 33.1 Å². The number of aromatic amines is 1. The first-order valence-electron chi connectivity index (χ1n) is 10.8. The summed E-state index contributed by atoms with van der Waals surface area (Å²) in [6.45, 7) is 5.42. The van der Waals surface area contributed by atoms with E-state index in [9.17, 15) is 14.4 Å². The molecule has 33 heavy (non-hydrogen) atoms. The second-order valence-electron chi connectivity index (χ2n) is 9.04. The van der Waals surface area contributed by atoms with Gasteiger partial charge in [-0.15, -0.1) is 0 Å². The SMILES string of the molecule is CC(C)(C)OC(=O)n1c(-c2cc3cc(Br)ccc3[nH]c2=O)cc2cc(CCCC=O)ccc21. The highest BCUT2D eigenvalue weighted by Gasteiger charge is 2.24. The van der Waals surface area contributed by atoms with E-state index in [1.807, 2.05) is 63.2 Å². The van der Waals surface area contributed by atoms with Gasteiger partial charge in [0, 0.05) is 27.2 Å². The number of pyridine rings is 1. The lowest BCUT2D eigenvalue weighted by Crippen LogP contribution is -2.28. The molecule has 0 fully saturated rings. The van der Waals surface area contributed by atoms with Crippen LogP contribution in [0.3, 0.4) is 0 Å². The maximum atomic E-state index is 13.2. The summed E-state index contributed by atoms with van der Waals surface area (Å²) in [5.74, 6) is 0. The lowest BCUT2D eigenvalue weighted by molar-refractivity contribution is -0.107. The van der Waals surface area contributed by atoms with Crippen LogP contribution in [0.4, 0.5) is 4.79 Å². The lowest BCUT2D eigenvalue weighted by Gasteiger charge is -2.21. The van der Waals surface area contributed by atoms with Crippen molar-refractivity contribution in [3.63, 3.8) is 0 Å². The molecule has 0 radical (unpaired) electrons. The van der Waals surface area contributed by atoms with E-state index in [0.29, 0.717) is 28.7 Å². The van der Waals surface area contributed by atoms with Crippen LogP contribution < -0.4 is 5.56 Å². The number of aromatic nitrogens is 2. The summed E-state index contributed by atoms with van der Waals surface area (Å²) in [6.07, 6.45) is 2.39. The van der Waals surface area contributed by atoms with Crippen LogP contribution in [-0.4, -0.2) is 27.5 Å². The number of H-pyrrole nitrogens is 1. The number of hydrogen-bond acceptors (Lipinski definition) is 4. The Labute approximate surface area is 199 Å². The molecular weight excluding hydrogens is 484 g/mol. The molecule has 0 aliphatic heterocycles. The molecule has 0 unspecified atom stereocenters. The third-order valence-corrected chi connectivity index (χ3v) is 5.80. The summed E-state index contributed by atoms with van der Waals surface area (Å²) >= 11 is 3.47. The van der Waals surface area contributed by atoms with Gasteiger partial charge in [-0.1, -0.05) is 22.0 Å². The molecule has 2 heterocycles. The number of halogens is 1. The number of benzene rings is 2. The molecule has 7 heteroatoms. The molecule has 0 spiro atoms. The molecule has 1 N–H and O–H groups in total. The zero-order valence-electron chi connectivity index (χ0n) is 18.8. The minimum Gasteiger partial charge on any atom is -0.443 e. The van der Waals surface area contributed by atoms with Crippen LogP contribution in [0.15, 0.2) is 57.8 Å². The fourth-order valence-corrected chi connectivity index (χ4v) is 4.26. The van der Waals surface area contributed by atoms with Gasteiger partial charge in [0.1, 0.15) is 11.9 Å². The zero-order chi connectivity index (χ0) is 23.8. The Morgan fingerprint density at radius 3 is 2.61 bits per heavy atom.